The van der Waals surface area contributed by atoms with E-state index in [0.29, 0.717) is 5.92 Å². The standard InChI is InChI=1S/C14H22N2/c1-11(2)13-4-5-14(15-10-13)16-8-6-12(3)7-9-16/h4-5,10-12H,6-9H2,1-3H3. The molecule has 0 aromatic carbocycles. The molecule has 16 heavy (non-hydrogen) atoms. The summed E-state index contributed by atoms with van der Waals surface area (Å²) in [5.74, 6) is 2.60. The summed E-state index contributed by atoms with van der Waals surface area (Å²) >= 11 is 0. The van der Waals surface area contributed by atoms with Gasteiger partial charge in [-0.15, -0.1) is 0 Å². The van der Waals surface area contributed by atoms with Gasteiger partial charge in [0.05, 0.1) is 0 Å². The molecule has 0 unspecified atom stereocenters. The zero-order chi connectivity index (χ0) is 11.5. The summed E-state index contributed by atoms with van der Waals surface area (Å²) in [6.45, 7) is 9.08. The molecular formula is C14H22N2. The van der Waals surface area contributed by atoms with Crippen molar-refractivity contribution < 1.29 is 0 Å². The van der Waals surface area contributed by atoms with Crippen LogP contribution in [0, 0.1) is 5.92 Å². The van der Waals surface area contributed by atoms with E-state index in [1.165, 1.54) is 18.4 Å². The molecule has 2 heterocycles. The molecule has 0 N–H and O–H groups in total. The maximum absolute atomic E-state index is 4.57. The van der Waals surface area contributed by atoms with Gasteiger partial charge in [0.2, 0.25) is 0 Å². The maximum Gasteiger partial charge on any atom is 0.128 e. The van der Waals surface area contributed by atoms with Crippen LogP contribution in [0.2, 0.25) is 0 Å². The molecular weight excluding hydrogens is 196 g/mol. The van der Waals surface area contributed by atoms with Crippen molar-refractivity contribution in [1.82, 2.24) is 4.98 Å². The van der Waals surface area contributed by atoms with E-state index in [-0.39, 0.29) is 0 Å². The molecule has 1 aliphatic heterocycles. The van der Waals surface area contributed by atoms with Gasteiger partial charge < -0.3 is 4.90 Å². The van der Waals surface area contributed by atoms with Crippen molar-refractivity contribution in [2.24, 2.45) is 5.92 Å². The SMILES string of the molecule is CC1CCN(c2ccc(C(C)C)cn2)CC1. The van der Waals surface area contributed by atoms with Crippen LogP contribution in [0.3, 0.4) is 0 Å². The van der Waals surface area contributed by atoms with Gasteiger partial charge in [-0.1, -0.05) is 26.8 Å². The molecule has 1 aliphatic rings. The molecule has 1 saturated heterocycles. The minimum atomic E-state index is 0.572. The van der Waals surface area contributed by atoms with Crippen molar-refractivity contribution in [1.29, 1.82) is 0 Å². The Balaban J connectivity index is 2.04. The summed E-state index contributed by atoms with van der Waals surface area (Å²) in [6, 6.07) is 4.39. The molecule has 2 heteroatoms. The highest BCUT2D eigenvalue weighted by Gasteiger charge is 2.16. The molecule has 2 nitrogen and oxygen atoms in total. The third-order valence-electron chi connectivity index (χ3n) is 3.55. The van der Waals surface area contributed by atoms with E-state index >= 15 is 0 Å². The predicted molar refractivity (Wildman–Crippen MR) is 68.9 cm³/mol. The lowest BCUT2D eigenvalue weighted by Crippen LogP contribution is -2.33. The van der Waals surface area contributed by atoms with Gasteiger partial charge in [0.15, 0.2) is 0 Å². The van der Waals surface area contributed by atoms with E-state index < -0.39 is 0 Å². The quantitative estimate of drug-likeness (QED) is 0.756. The smallest absolute Gasteiger partial charge is 0.128 e. The van der Waals surface area contributed by atoms with E-state index in [2.05, 4.69) is 42.8 Å². The van der Waals surface area contributed by atoms with Crippen molar-refractivity contribution in [2.75, 3.05) is 18.0 Å². The van der Waals surface area contributed by atoms with Crippen molar-refractivity contribution in [2.45, 2.75) is 39.5 Å². The molecule has 1 aromatic rings. The Morgan fingerprint density at radius 3 is 2.44 bits per heavy atom. The number of hydrogen-bond acceptors (Lipinski definition) is 2. The molecule has 0 radical (unpaired) electrons. The van der Waals surface area contributed by atoms with E-state index in [4.69, 9.17) is 0 Å². The third kappa shape index (κ3) is 2.55. The second kappa shape index (κ2) is 4.86. The fraction of sp³-hybridized carbons (Fsp3) is 0.643. The fourth-order valence-corrected chi connectivity index (χ4v) is 2.16. The Bertz CT molecular complexity index is 321. The average molecular weight is 218 g/mol. The number of nitrogens with zero attached hydrogens (tertiary/aromatic N) is 2. The Morgan fingerprint density at radius 2 is 1.94 bits per heavy atom. The molecule has 0 aliphatic carbocycles. The Morgan fingerprint density at radius 1 is 1.25 bits per heavy atom. The minimum Gasteiger partial charge on any atom is -0.357 e. The molecule has 0 bridgehead atoms. The first-order valence-electron chi connectivity index (χ1n) is 6.37. The van der Waals surface area contributed by atoms with Gasteiger partial charge in [-0.05, 0) is 36.3 Å². The monoisotopic (exact) mass is 218 g/mol. The number of anilines is 1. The lowest BCUT2D eigenvalue weighted by atomic mass is 9.99. The van der Waals surface area contributed by atoms with Gasteiger partial charge >= 0.3 is 0 Å². The Hall–Kier alpha value is -1.05. The Labute approximate surface area is 98.7 Å². The molecule has 1 fully saturated rings. The van der Waals surface area contributed by atoms with Crippen molar-refractivity contribution in [3.05, 3.63) is 23.9 Å². The molecule has 2 rings (SSSR count). The van der Waals surface area contributed by atoms with E-state index in [9.17, 15) is 0 Å². The highest BCUT2D eigenvalue weighted by molar-refractivity contribution is 5.40. The normalized spacial score (nSPS) is 18.1. The van der Waals surface area contributed by atoms with Crippen LogP contribution in [0.1, 0.15) is 45.1 Å². The third-order valence-corrected chi connectivity index (χ3v) is 3.55. The highest BCUT2D eigenvalue weighted by atomic mass is 15.2. The van der Waals surface area contributed by atoms with Gasteiger partial charge in [-0.2, -0.15) is 0 Å². The summed E-state index contributed by atoms with van der Waals surface area (Å²) in [6.07, 6.45) is 4.62. The maximum atomic E-state index is 4.57. The molecule has 0 spiro atoms. The number of rotatable bonds is 2. The first-order valence-corrected chi connectivity index (χ1v) is 6.37. The van der Waals surface area contributed by atoms with E-state index in [0.717, 1.165) is 24.8 Å². The van der Waals surface area contributed by atoms with Crippen LogP contribution in [0.5, 0.6) is 0 Å². The van der Waals surface area contributed by atoms with Crippen LogP contribution in [-0.4, -0.2) is 18.1 Å². The zero-order valence-corrected chi connectivity index (χ0v) is 10.6. The van der Waals surface area contributed by atoms with Crippen LogP contribution >= 0.6 is 0 Å². The van der Waals surface area contributed by atoms with Crippen LogP contribution in [0.25, 0.3) is 0 Å². The topological polar surface area (TPSA) is 16.1 Å². The van der Waals surface area contributed by atoms with Crippen molar-refractivity contribution in [3.63, 3.8) is 0 Å². The van der Waals surface area contributed by atoms with Gasteiger partial charge in [-0.3, -0.25) is 0 Å². The second-order valence-electron chi connectivity index (χ2n) is 5.27. The summed E-state index contributed by atoms with van der Waals surface area (Å²) in [5, 5.41) is 0. The number of aromatic nitrogens is 1. The predicted octanol–water partition coefficient (Wildman–Crippen LogP) is 3.44. The highest BCUT2D eigenvalue weighted by Crippen LogP contribution is 2.22. The lowest BCUT2D eigenvalue weighted by molar-refractivity contribution is 0.436. The first kappa shape index (κ1) is 11.4. The summed E-state index contributed by atoms with van der Waals surface area (Å²) in [4.78, 5) is 6.98. The van der Waals surface area contributed by atoms with Gasteiger partial charge in [0.1, 0.15) is 5.82 Å². The first-order chi connectivity index (χ1) is 7.66. The molecule has 0 saturated carbocycles. The largest absolute Gasteiger partial charge is 0.357 e. The number of pyridine rings is 1. The number of piperidine rings is 1. The summed E-state index contributed by atoms with van der Waals surface area (Å²) in [5.41, 5.74) is 1.33. The van der Waals surface area contributed by atoms with Crippen molar-refractivity contribution in [3.8, 4) is 0 Å². The minimum absolute atomic E-state index is 0.572. The van der Waals surface area contributed by atoms with Crippen molar-refractivity contribution >= 4 is 5.82 Å². The van der Waals surface area contributed by atoms with E-state index in [1.54, 1.807) is 0 Å². The Kier molecular flexibility index (Phi) is 3.47. The lowest BCUT2D eigenvalue weighted by Gasteiger charge is -2.31. The van der Waals surface area contributed by atoms with Gasteiger partial charge in [0, 0.05) is 19.3 Å². The summed E-state index contributed by atoms with van der Waals surface area (Å²) in [7, 11) is 0. The summed E-state index contributed by atoms with van der Waals surface area (Å²) < 4.78 is 0. The average Bonchev–Trinajstić information content (AvgIpc) is 2.30. The molecule has 0 atom stereocenters. The zero-order valence-electron chi connectivity index (χ0n) is 10.6. The second-order valence-corrected chi connectivity index (χ2v) is 5.27. The van der Waals surface area contributed by atoms with Crippen LogP contribution in [0.4, 0.5) is 5.82 Å². The number of hydrogen-bond donors (Lipinski definition) is 0. The van der Waals surface area contributed by atoms with Crippen LogP contribution in [0.15, 0.2) is 18.3 Å². The van der Waals surface area contributed by atoms with Gasteiger partial charge in [0.25, 0.3) is 0 Å². The molecule has 1 aromatic heterocycles. The van der Waals surface area contributed by atoms with E-state index in [1.807, 2.05) is 6.20 Å². The van der Waals surface area contributed by atoms with Gasteiger partial charge in [-0.25, -0.2) is 4.98 Å². The molecule has 0 amide bonds. The molecule has 88 valence electrons. The fourth-order valence-electron chi connectivity index (χ4n) is 2.16. The van der Waals surface area contributed by atoms with Crippen LogP contribution < -0.4 is 4.90 Å². The van der Waals surface area contributed by atoms with Crippen LogP contribution in [-0.2, 0) is 0 Å².